The van der Waals surface area contributed by atoms with Crippen LogP contribution in [-0.4, -0.2) is 241 Å². The molecule has 6 aromatic heterocycles. The summed E-state index contributed by atoms with van der Waals surface area (Å²) in [5.41, 5.74) is 11.4. The highest BCUT2D eigenvalue weighted by Crippen LogP contribution is 2.29. The molecule has 10 N–H and O–H groups in total. The second-order valence-corrected chi connectivity index (χ2v) is 36.4. The number of Topliss-reactive ketones (excluding diaryl/α,β-unsaturated/α-hetero) is 2. The maximum absolute atomic E-state index is 12.8. The van der Waals surface area contributed by atoms with E-state index in [-0.39, 0.29) is 115 Å². The maximum Gasteiger partial charge on any atom is 0.410 e. The number of carboxylic acid groups (broad SMARTS) is 1. The molecule has 2 aliphatic heterocycles. The molecule has 34 heteroatoms. The lowest BCUT2D eigenvalue weighted by molar-refractivity contribution is -0.137. The van der Waals surface area contributed by atoms with Gasteiger partial charge < -0.3 is 98.8 Å². The Hall–Kier alpha value is -11.6. The van der Waals surface area contributed by atoms with Crippen LogP contribution in [0.3, 0.4) is 0 Å². The van der Waals surface area contributed by atoms with Crippen molar-refractivity contribution in [3.8, 4) is 0 Å². The van der Waals surface area contributed by atoms with Crippen molar-refractivity contribution in [2.45, 2.75) is 324 Å². The second kappa shape index (κ2) is 60.0. The number of nitrogens with zero attached hydrogens (tertiary/aromatic N) is 3. The summed E-state index contributed by atoms with van der Waals surface area (Å²) in [5.74, 6) is -3.64. The van der Waals surface area contributed by atoms with Crippen LogP contribution < -0.4 is 16.0 Å². The number of esters is 6. The quantitative estimate of drug-likeness (QED) is 0.00965. The molecule has 0 aliphatic carbocycles. The largest absolute Gasteiger partial charge is 0.481 e. The first kappa shape index (κ1) is 118. The lowest BCUT2D eigenvalue weighted by atomic mass is 10.0. The number of carbonyl (C=O) groups excluding carboxylic acids is 13. The molecule has 0 aromatic carbocycles. The molecule has 0 spiro atoms. The average Bonchev–Trinajstić information content (AvgIpc) is 1.69. The van der Waals surface area contributed by atoms with Gasteiger partial charge in [-0.3, -0.25) is 33.6 Å². The van der Waals surface area contributed by atoms with E-state index in [2.05, 4.69) is 59.7 Å². The van der Waals surface area contributed by atoms with Crippen molar-refractivity contribution in [1.82, 2.24) is 60.6 Å². The van der Waals surface area contributed by atoms with Crippen LogP contribution in [0.2, 0.25) is 0 Å². The van der Waals surface area contributed by atoms with Gasteiger partial charge >= 0.3 is 47.9 Å². The summed E-state index contributed by atoms with van der Waals surface area (Å²) in [4.78, 5) is 191. The number of amides is 5. The molecular weight excluding hydrogens is 1730 g/mol. The van der Waals surface area contributed by atoms with Gasteiger partial charge in [0.15, 0.2) is 0 Å². The molecule has 0 saturated carbocycles. The van der Waals surface area contributed by atoms with E-state index in [1.165, 1.54) is 46.0 Å². The van der Waals surface area contributed by atoms with Crippen LogP contribution in [0.15, 0.2) is 24.8 Å². The van der Waals surface area contributed by atoms with Crippen molar-refractivity contribution in [3.63, 3.8) is 0 Å². The summed E-state index contributed by atoms with van der Waals surface area (Å²) in [5, 5.41) is 17.5. The molecule has 8 heterocycles. The van der Waals surface area contributed by atoms with Crippen LogP contribution in [0.4, 0.5) is 4.79 Å². The summed E-state index contributed by atoms with van der Waals surface area (Å²) in [6.45, 7) is 51.5. The highest BCUT2D eigenvalue weighted by Gasteiger charge is 2.33. The van der Waals surface area contributed by atoms with Crippen LogP contribution in [0.25, 0.3) is 0 Å². The number of ether oxygens (including phenoxy) is 7. The van der Waals surface area contributed by atoms with Gasteiger partial charge in [0.25, 0.3) is 11.8 Å². The Bertz CT molecular complexity index is 4810. The molecule has 754 valence electrons. The molecule has 34 nitrogen and oxygen atoms in total. The number of hydrogen-bond acceptors (Lipinski definition) is 22. The van der Waals surface area contributed by atoms with Gasteiger partial charge in [0.2, 0.25) is 11.8 Å². The Morgan fingerprint density at radius 3 is 1.19 bits per heavy atom. The fourth-order valence-electron chi connectivity index (χ4n) is 14.9. The molecule has 0 saturated heterocycles. The summed E-state index contributed by atoms with van der Waals surface area (Å²) in [6, 6.07) is 0. The predicted octanol–water partition coefficient (Wildman–Crippen LogP) is 16.3. The zero-order valence-electron chi connectivity index (χ0n) is 85.1. The van der Waals surface area contributed by atoms with Gasteiger partial charge in [-0.1, -0.05) is 39.5 Å². The summed E-state index contributed by atoms with van der Waals surface area (Å²) in [6.07, 6.45) is 23.5. The number of aryl methyl sites for hydroxylation is 10. The molecule has 0 bridgehead atoms. The molecule has 6 aromatic rings. The van der Waals surface area contributed by atoms with E-state index in [1.54, 1.807) is 87.3 Å². The molecule has 0 radical (unpaired) electrons. The van der Waals surface area contributed by atoms with E-state index in [4.69, 9.17) is 38.3 Å². The lowest BCUT2D eigenvalue weighted by Crippen LogP contribution is -2.43. The van der Waals surface area contributed by atoms with Crippen LogP contribution in [-0.2, 0) is 95.7 Å². The molecular formula is C101H158N12O22. The van der Waals surface area contributed by atoms with Crippen LogP contribution in [0.1, 0.15) is 378 Å². The number of aromatic amines is 6. The van der Waals surface area contributed by atoms with Crippen molar-refractivity contribution in [3.05, 3.63) is 137 Å². The first-order valence-electron chi connectivity index (χ1n) is 47.9. The average molecular weight is 1890 g/mol. The first-order chi connectivity index (χ1) is 63.6. The van der Waals surface area contributed by atoms with Crippen LogP contribution in [0, 0.1) is 41.5 Å². The number of hydrogen-bond donors (Lipinski definition) is 10. The van der Waals surface area contributed by atoms with E-state index in [9.17, 15) is 67.1 Å². The van der Waals surface area contributed by atoms with E-state index >= 15 is 0 Å². The van der Waals surface area contributed by atoms with Gasteiger partial charge in [-0.25, -0.2) is 33.6 Å². The number of likely N-dealkylation sites (N-methyl/N-ethyl adjacent to an activating group) is 1. The van der Waals surface area contributed by atoms with Crippen molar-refractivity contribution in [1.29, 1.82) is 0 Å². The van der Waals surface area contributed by atoms with Gasteiger partial charge in [-0.15, -0.1) is 0 Å². The molecule has 0 unspecified atom stereocenters. The van der Waals surface area contributed by atoms with E-state index in [0.29, 0.717) is 119 Å². The number of aliphatic carboxylic acids is 1. The SMILES string of the molecule is CCCCCN1CCCc2[nH]cc(C)c2C1=O.CCN(CCN1CCCc2[nH]cc(C)c2C1=O)C(=O)OC(C)(C)C.CCNCCCCCCc1[nH]cc(C)c1C(=O)OCC.CCOC(=O)c1c(C)c[nH]c1CCC(=O)CCCNC(C)=O.CCOC(=O)c1c(CCC(=O)CCCNC(C)=O)[nH]c(C(=O)OC(C)(C)C)c1C.CCOC(=O)c1c(CCC(=O)O)[nH]c(C(=O)OC(C)(C)C)c1C. The van der Waals surface area contributed by atoms with Crippen molar-refractivity contribution < 1.29 is 105 Å². The number of ketones is 2. The summed E-state index contributed by atoms with van der Waals surface area (Å²) >= 11 is 0. The molecule has 2 aliphatic rings. The van der Waals surface area contributed by atoms with E-state index < -0.39 is 46.6 Å². The van der Waals surface area contributed by atoms with E-state index in [1.807, 2.05) is 90.7 Å². The Balaban J connectivity index is 0.000000420. The summed E-state index contributed by atoms with van der Waals surface area (Å²) in [7, 11) is 0. The minimum absolute atomic E-state index is 0.0104. The number of rotatable bonds is 43. The number of fused-ring (bicyclic) bond motifs is 2. The smallest absolute Gasteiger partial charge is 0.410 e. The monoisotopic (exact) mass is 1890 g/mol. The number of carboxylic acids is 1. The zero-order chi connectivity index (χ0) is 101. The lowest BCUT2D eigenvalue weighted by Gasteiger charge is -2.29. The zero-order valence-corrected chi connectivity index (χ0v) is 85.1. The molecule has 0 atom stereocenters. The van der Waals surface area contributed by atoms with Gasteiger partial charge in [-0.2, -0.15) is 0 Å². The highest BCUT2D eigenvalue weighted by atomic mass is 16.6. The van der Waals surface area contributed by atoms with Crippen molar-refractivity contribution >= 4 is 83.1 Å². The standard InChI is InChI=1S/C21H32N2O6.C18H29N3O3.C16H24N2O4.C16H28N2O2.C16H23NO6.C14H22N2O/c1-7-28-19(26)17-13(2)18(20(27)29-21(4,5)6)23-16(17)11-10-15(25)9-8-12-22-14(3)24;1-6-20(17(23)24-18(3,4)5)10-11-21-9-7-8-14-15(16(21)22)13(2)12-19-14;1-4-22-16(21)15-11(2)10-18-14(15)8-7-13(20)6-5-9-17-12(3)19;1-4-17-11-9-7-6-8-10-14-15(13(3)12-18-14)16(19)20-5-2;1-6-22-14(20)12-9(2)13(15(21)23-16(3,4)5)17-10(12)7-8-11(18)19;1-3-4-5-8-16-9-6-7-12-13(14(16)17)11(2)10-15-12/h23H,7-12H2,1-6H3,(H,22,24);12,19H,6-11H2,1-5H3;10,18H,4-9H2,1-3H3,(H,17,19);12,17-18H,4-11H2,1-3H3;17H,6-8H2,1-5H3,(H,18,19);10,15H,3-9H2,1-2H3. The van der Waals surface area contributed by atoms with Gasteiger partial charge in [0.1, 0.15) is 39.8 Å². The normalized spacial score (nSPS) is 12.2. The third-order valence-corrected chi connectivity index (χ3v) is 21.5. The fraction of sp³-hybridized carbons (Fsp3) is 0.624. The van der Waals surface area contributed by atoms with Crippen molar-refractivity contribution in [2.75, 3.05) is 91.9 Å². The Labute approximate surface area is 798 Å². The summed E-state index contributed by atoms with van der Waals surface area (Å²) < 4.78 is 36.4. The topological polar surface area (TPSA) is 464 Å². The number of unbranched alkanes of at least 4 members (excludes halogenated alkanes) is 5. The number of nitrogens with one attached hydrogen (secondary N) is 9. The highest BCUT2D eigenvalue weighted by molar-refractivity contribution is 6.01. The van der Waals surface area contributed by atoms with Gasteiger partial charge in [0.05, 0.1) is 66.2 Å². The second-order valence-electron chi connectivity index (χ2n) is 36.4. The van der Waals surface area contributed by atoms with Crippen molar-refractivity contribution in [2.24, 2.45) is 0 Å². The Morgan fingerprint density at radius 2 is 0.807 bits per heavy atom. The minimum Gasteiger partial charge on any atom is -0.481 e. The Kier molecular flexibility index (Phi) is 52.3. The predicted molar refractivity (Wildman–Crippen MR) is 518 cm³/mol. The van der Waals surface area contributed by atoms with Crippen LogP contribution in [0.5, 0.6) is 0 Å². The van der Waals surface area contributed by atoms with E-state index in [0.717, 1.165) is 133 Å². The number of carbonyl (C=O) groups is 14. The Morgan fingerprint density at radius 1 is 0.422 bits per heavy atom. The fourth-order valence-corrected chi connectivity index (χ4v) is 14.9. The molecule has 5 amide bonds. The third-order valence-electron chi connectivity index (χ3n) is 21.5. The molecule has 0 fully saturated rings. The third kappa shape index (κ3) is 42.1. The maximum atomic E-state index is 12.8. The number of aromatic nitrogens is 6. The van der Waals surface area contributed by atoms with Gasteiger partial charge in [0, 0.05) is 151 Å². The van der Waals surface area contributed by atoms with Crippen LogP contribution >= 0.6 is 0 Å². The minimum atomic E-state index is -0.995. The molecule has 135 heavy (non-hydrogen) atoms. The number of H-pyrrole nitrogens is 6. The first-order valence-corrected chi connectivity index (χ1v) is 47.9. The van der Waals surface area contributed by atoms with Gasteiger partial charge in [-0.05, 0) is 268 Å². The molecule has 8 rings (SSSR count).